The van der Waals surface area contributed by atoms with Gasteiger partial charge in [-0.2, -0.15) is 0 Å². The molecule has 0 radical (unpaired) electrons. The molecule has 0 atom stereocenters. The predicted octanol–water partition coefficient (Wildman–Crippen LogP) is -2.31. The van der Waals surface area contributed by atoms with Crippen molar-refractivity contribution >= 4 is 5.97 Å². The van der Waals surface area contributed by atoms with Crippen LogP contribution < -0.4 is 29.6 Å². The molecule has 0 bridgehead atoms. The number of ether oxygens (including phenoxy) is 1. The predicted molar refractivity (Wildman–Crippen MR) is 44.5 cm³/mol. The average Bonchev–Trinajstić information content (AvgIpc) is 2.06. The van der Waals surface area contributed by atoms with Crippen LogP contribution in [0.25, 0.3) is 0 Å². The van der Waals surface area contributed by atoms with Gasteiger partial charge in [-0.1, -0.05) is 6.92 Å². The van der Waals surface area contributed by atoms with Crippen molar-refractivity contribution in [3.8, 4) is 0 Å². The third-order valence-corrected chi connectivity index (χ3v) is 1.66. The molecule has 1 heterocycles. The second-order valence-electron chi connectivity index (χ2n) is 2.75. The van der Waals surface area contributed by atoms with Gasteiger partial charge < -0.3 is 11.0 Å². The van der Waals surface area contributed by atoms with E-state index < -0.39 is 0 Å². The van der Waals surface area contributed by atoms with Crippen LogP contribution in [0.3, 0.4) is 0 Å². The molecule has 0 aliphatic carbocycles. The van der Waals surface area contributed by atoms with E-state index in [9.17, 15) is 4.79 Å². The first kappa shape index (κ1) is 13.4. The first-order valence-electron chi connectivity index (χ1n) is 4.36. The Kier molecular flexibility index (Phi) is 8.00. The summed E-state index contributed by atoms with van der Waals surface area (Å²) in [6, 6.07) is 0. The quantitative estimate of drug-likeness (QED) is 0.477. The van der Waals surface area contributed by atoms with Gasteiger partial charge in [0.05, 0.1) is 26.3 Å². The number of carbonyl (C=O) groups is 1. The molecule has 1 saturated heterocycles. The molecule has 1 aliphatic heterocycles. The van der Waals surface area contributed by atoms with E-state index in [1.807, 2.05) is 6.92 Å². The Morgan fingerprint density at radius 1 is 1.54 bits per heavy atom. The van der Waals surface area contributed by atoms with Crippen molar-refractivity contribution in [1.29, 1.82) is 0 Å². The van der Waals surface area contributed by atoms with Crippen LogP contribution in [0.1, 0.15) is 21.2 Å². The van der Waals surface area contributed by atoms with E-state index in [0.717, 1.165) is 6.42 Å². The third-order valence-electron chi connectivity index (χ3n) is 1.66. The van der Waals surface area contributed by atoms with Crippen LogP contribution in [0.2, 0.25) is 0 Å². The zero-order valence-electron chi connectivity index (χ0n) is 9.41. The first-order chi connectivity index (χ1) is 5.83. The second kappa shape index (κ2) is 7.76. The van der Waals surface area contributed by atoms with Gasteiger partial charge in [-0.25, -0.2) is 0 Å². The van der Waals surface area contributed by atoms with Gasteiger partial charge in [0, 0.05) is 6.42 Å². The van der Waals surface area contributed by atoms with Gasteiger partial charge in [0.25, 0.3) is 0 Å². The Balaban J connectivity index is 0. The molecule has 0 aromatic heterocycles. The fourth-order valence-electron chi connectivity index (χ4n) is 1.03. The maximum absolute atomic E-state index is 11.0. The number of rotatable bonds is 3. The minimum Gasteiger partial charge on any atom is -1.00 e. The molecular weight excluding hydrogens is 181 g/mol. The molecule has 1 aliphatic rings. The molecular formula is C8H16NNaO3. The zero-order chi connectivity index (χ0) is 8.81. The van der Waals surface area contributed by atoms with E-state index in [-0.39, 0.29) is 37.0 Å². The Morgan fingerprint density at radius 3 is 2.69 bits per heavy atom. The van der Waals surface area contributed by atoms with Crippen molar-refractivity contribution in [3.05, 3.63) is 0 Å². The summed E-state index contributed by atoms with van der Waals surface area (Å²) in [4.78, 5) is 16.1. The SMILES string of the molecule is CCCC(=O)ON1CCOCC1.[H-].[Na+]. The molecule has 13 heavy (non-hydrogen) atoms. The van der Waals surface area contributed by atoms with Gasteiger partial charge >= 0.3 is 35.5 Å². The van der Waals surface area contributed by atoms with Crippen molar-refractivity contribution in [2.45, 2.75) is 19.8 Å². The van der Waals surface area contributed by atoms with Crippen molar-refractivity contribution in [1.82, 2.24) is 5.06 Å². The van der Waals surface area contributed by atoms with Gasteiger partial charge in [0.1, 0.15) is 0 Å². The maximum atomic E-state index is 11.0. The normalized spacial score (nSPS) is 17.6. The monoisotopic (exact) mass is 197 g/mol. The first-order valence-corrected chi connectivity index (χ1v) is 4.36. The molecule has 0 aromatic carbocycles. The summed E-state index contributed by atoms with van der Waals surface area (Å²) >= 11 is 0. The van der Waals surface area contributed by atoms with Crippen LogP contribution in [0.4, 0.5) is 0 Å². The van der Waals surface area contributed by atoms with E-state index in [2.05, 4.69) is 0 Å². The average molecular weight is 197 g/mol. The van der Waals surface area contributed by atoms with Crippen molar-refractivity contribution in [2.75, 3.05) is 26.3 Å². The van der Waals surface area contributed by atoms with E-state index >= 15 is 0 Å². The van der Waals surface area contributed by atoms with Gasteiger partial charge in [0.15, 0.2) is 0 Å². The van der Waals surface area contributed by atoms with Gasteiger partial charge in [-0.15, -0.1) is 5.06 Å². The fourth-order valence-corrected chi connectivity index (χ4v) is 1.03. The third kappa shape index (κ3) is 5.65. The number of nitrogens with zero attached hydrogens (tertiary/aromatic N) is 1. The largest absolute Gasteiger partial charge is 1.00 e. The molecule has 1 fully saturated rings. The minimum atomic E-state index is -0.139. The number of hydrogen-bond donors (Lipinski definition) is 0. The molecule has 72 valence electrons. The molecule has 4 nitrogen and oxygen atoms in total. The van der Waals surface area contributed by atoms with Crippen molar-refractivity contribution in [2.24, 2.45) is 0 Å². The Morgan fingerprint density at radius 2 is 2.15 bits per heavy atom. The number of carbonyl (C=O) groups excluding carboxylic acids is 1. The van der Waals surface area contributed by atoms with Crippen LogP contribution in [-0.4, -0.2) is 37.3 Å². The maximum Gasteiger partial charge on any atom is 1.00 e. The van der Waals surface area contributed by atoms with Gasteiger partial charge in [-0.05, 0) is 6.42 Å². The molecule has 0 N–H and O–H groups in total. The summed E-state index contributed by atoms with van der Waals surface area (Å²) in [5.74, 6) is -0.139. The number of hydroxylamine groups is 2. The minimum absolute atomic E-state index is 0. The smallest absolute Gasteiger partial charge is 1.00 e. The number of hydrogen-bond acceptors (Lipinski definition) is 4. The van der Waals surface area contributed by atoms with E-state index in [4.69, 9.17) is 9.57 Å². The Bertz CT molecular complexity index is 154. The molecule has 0 unspecified atom stereocenters. The molecule has 0 amide bonds. The fraction of sp³-hybridized carbons (Fsp3) is 0.875. The topological polar surface area (TPSA) is 38.8 Å². The van der Waals surface area contributed by atoms with Crippen LogP contribution in [-0.2, 0) is 14.4 Å². The van der Waals surface area contributed by atoms with E-state index in [0.29, 0.717) is 32.7 Å². The van der Waals surface area contributed by atoms with Crippen molar-refractivity contribution < 1.29 is 45.4 Å². The number of morpholine rings is 1. The van der Waals surface area contributed by atoms with Gasteiger partial charge in [-0.3, -0.25) is 4.79 Å². The summed E-state index contributed by atoms with van der Waals surface area (Å²) < 4.78 is 5.11. The molecule has 1 rings (SSSR count). The summed E-state index contributed by atoms with van der Waals surface area (Å²) in [6.07, 6.45) is 1.33. The molecule has 0 saturated carbocycles. The second-order valence-corrected chi connectivity index (χ2v) is 2.75. The van der Waals surface area contributed by atoms with Crippen LogP contribution in [0.15, 0.2) is 0 Å². The van der Waals surface area contributed by atoms with E-state index in [1.165, 1.54) is 0 Å². The summed E-state index contributed by atoms with van der Waals surface area (Å²) in [7, 11) is 0. The Hall–Kier alpha value is 0.390. The zero-order valence-corrected chi connectivity index (χ0v) is 10.4. The molecule has 5 heteroatoms. The van der Waals surface area contributed by atoms with Gasteiger partial charge in [0.2, 0.25) is 0 Å². The summed E-state index contributed by atoms with van der Waals surface area (Å²) in [5, 5.41) is 1.67. The van der Waals surface area contributed by atoms with Crippen LogP contribution in [0.5, 0.6) is 0 Å². The standard InChI is InChI=1S/C8H15NO3.Na.H/c1-2-3-8(10)12-9-4-6-11-7-5-9;;/h2-7H2,1H3;;/q;+1;-1. The molecule has 0 spiro atoms. The molecule has 0 aromatic rings. The van der Waals surface area contributed by atoms with E-state index in [1.54, 1.807) is 5.06 Å². The summed E-state index contributed by atoms with van der Waals surface area (Å²) in [6.45, 7) is 4.64. The van der Waals surface area contributed by atoms with Crippen LogP contribution in [0, 0.1) is 0 Å². The van der Waals surface area contributed by atoms with Crippen molar-refractivity contribution in [3.63, 3.8) is 0 Å². The van der Waals surface area contributed by atoms with Crippen LogP contribution >= 0.6 is 0 Å². The Labute approximate surface area is 102 Å². The summed E-state index contributed by atoms with van der Waals surface area (Å²) in [5.41, 5.74) is 0.